The smallest absolute Gasteiger partial charge is 0.250 e. The minimum Gasteiger partial charge on any atom is -0.354 e. The highest BCUT2D eigenvalue weighted by Gasteiger charge is 2.24. The van der Waals surface area contributed by atoms with Crippen LogP contribution in [-0.2, 0) is 4.79 Å². The molecule has 2 aliphatic rings. The number of aromatic nitrogens is 1. The number of benzene rings is 1. The van der Waals surface area contributed by atoms with Gasteiger partial charge in [-0.05, 0) is 61.2 Å². The molecule has 2 aliphatic heterocycles. The van der Waals surface area contributed by atoms with Gasteiger partial charge in [0.2, 0.25) is 5.91 Å². The molecule has 1 atom stereocenters. The average molecular weight is 392 g/mol. The second-order valence-electron chi connectivity index (χ2n) is 8.07. The fourth-order valence-corrected chi connectivity index (χ4v) is 4.09. The van der Waals surface area contributed by atoms with E-state index in [0.717, 1.165) is 67.0 Å². The van der Waals surface area contributed by atoms with Crippen molar-refractivity contribution in [1.82, 2.24) is 9.88 Å². The Labute approximate surface area is 172 Å². The minimum atomic E-state index is -0.123. The maximum absolute atomic E-state index is 12.1. The number of pyridine rings is 1. The molecule has 4 rings (SSSR count). The molecule has 1 fully saturated rings. The van der Waals surface area contributed by atoms with Gasteiger partial charge in [-0.1, -0.05) is 12.7 Å². The summed E-state index contributed by atoms with van der Waals surface area (Å²) >= 11 is 0. The van der Waals surface area contributed by atoms with E-state index in [1.807, 2.05) is 6.07 Å². The topological polar surface area (TPSA) is 65.7 Å². The summed E-state index contributed by atoms with van der Waals surface area (Å²) < 4.78 is 0. The Hall–Kier alpha value is -2.70. The Morgan fingerprint density at radius 1 is 1.34 bits per heavy atom. The summed E-state index contributed by atoms with van der Waals surface area (Å²) in [5.74, 6) is 0.872. The van der Waals surface area contributed by atoms with Crippen LogP contribution in [0.2, 0.25) is 0 Å². The molecule has 3 heterocycles. The van der Waals surface area contributed by atoms with E-state index in [0.29, 0.717) is 0 Å². The van der Waals surface area contributed by atoms with Crippen LogP contribution in [-0.4, -0.2) is 62.1 Å². The summed E-state index contributed by atoms with van der Waals surface area (Å²) in [6.07, 6.45) is 5.58. The predicted molar refractivity (Wildman–Crippen MR) is 120 cm³/mol. The Bertz CT molecular complexity index is 983. The zero-order chi connectivity index (χ0) is 20.5. The van der Waals surface area contributed by atoms with Crippen molar-refractivity contribution in [3.05, 3.63) is 48.7 Å². The van der Waals surface area contributed by atoms with Crippen LogP contribution in [0.15, 0.2) is 43.0 Å². The molecule has 2 N–H and O–H groups in total. The SMILES string of the molecule is C=CC(=O)N(C)c1ccc2c(N3CC[C@@H](N)C3)nc(C3=CCN(C)CC3)cc2c1. The van der Waals surface area contributed by atoms with E-state index in [1.165, 1.54) is 11.6 Å². The molecule has 0 aliphatic carbocycles. The van der Waals surface area contributed by atoms with Crippen LogP contribution < -0.4 is 15.5 Å². The molecule has 1 saturated heterocycles. The first-order valence-electron chi connectivity index (χ1n) is 10.2. The van der Waals surface area contributed by atoms with Gasteiger partial charge in [-0.15, -0.1) is 0 Å². The highest BCUT2D eigenvalue weighted by atomic mass is 16.2. The van der Waals surface area contributed by atoms with Gasteiger partial charge >= 0.3 is 0 Å². The number of hydrogen-bond donors (Lipinski definition) is 1. The largest absolute Gasteiger partial charge is 0.354 e. The van der Waals surface area contributed by atoms with E-state index < -0.39 is 0 Å². The molecule has 1 aromatic carbocycles. The molecule has 6 nitrogen and oxygen atoms in total. The lowest BCUT2D eigenvalue weighted by molar-refractivity contribution is -0.113. The second kappa shape index (κ2) is 7.97. The number of likely N-dealkylation sites (N-methyl/N-ethyl adjacent to an activating group) is 2. The van der Waals surface area contributed by atoms with E-state index in [1.54, 1.807) is 11.9 Å². The van der Waals surface area contributed by atoms with Crippen LogP contribution in [0.4, 0.5) is 11.5 Å². The third-order valence-corrected chi connectivity index (χ3v) is 5.95. The van der Waals surface area contributed by atoms with Gasteiger partial charge in [0.15, 0.2) is 0 Å². The van der Waals surface area contributed by atoms with E-state index >= 15 is 0 Å². The van der Waals surface area contributed by atoms with Crippen molar-refractivity contribution in [2.24, 2.45) is 5.73 Å². The Kier molecular flexibility index (Phi) is 5.39. The van der Waals surface area contributed by atoms with Crippen LogP contribution in [0.1, 0.15) is 18.5 Å². The van der Waals surface area contributed by atoms with Crippen LogP contribution in [0.3, 0.4) is 0 Å². The molecule has 29 heavy (non-hydrogen) atoms. The normalized spacial score (nSPS) is 20.0. The van der Waals surface area contributed by atoms with E-state index in [9.17, 15) is 4.79 Å². The Balaban J connectivity index is 1.83. The molecule has 0 bridgehead atoms. The summed E-state index contributed by atoms with van der Waals surface area (Å²) in [4.78, 5) is 23.4. The second-order valence-corrected chi connectivity index (χ2v) is 8.07. The van der Waals surface area contributed by atoms with Crippen molar-refractivity contribution < 1.29 is 4.79 Å². The van der Waals surface area contributed by atoms with Crippen LogP contribution in [0.5, 0.6) is 0 Å². The third kappa shape index (κ3) is 3.91. The summed E-state index contributed by atoms with van der Waals surface area (Å²) in [7, 11) is 3.91. The van der Waals surface area contributed by atoms with E-state index in [-0.39, 0.29) is 11.9 Å². The van der Waals surface area contributed by atoms with Crippen molar-refractivity contribution >= 4 is 33.8 Å². The molecule has 0 unspecified atom stereocenters. The highest BCUT2D eigenvalue weighted by Crippen LogP contribution is 2.33. The fourth-order valence-electron chi connectivity index (χ4n) is 4.09. The van der Waals surface area contributed by atoms with Gasteiger partial charge in [0.1, 0.15) is 5.82 Å². The van der Waals surface area contributed by atoms with E-state index in [2.05, 4.69) is 47.7 Å². The van der Waals surface area contributed by atoms with Gasteiger partial charge in [-0.3, -0.25) is 4.79 Å². The number of amides is 1. The van der Waals surface area contributed by atoms with Gasteiger partial charge in [0.05, 0.1) is 5.69 Å². The van der Waals surface area contributed by atoms with Gasteiger partial charge in [0.25, 0.3) is 0 Å². The first-order valence-corrected chi connectivity index (χ1v) is 10.2. The number of hydrogen-bond acceptors (Lipinski definition) is 5. The monoisotopic (exact) mass is 391 g/mol. The number of carbonyl (C=O) groups is 1. The van der Waals surface area contributed by atoms with Crippen molar-refractivity contribution in [2.75, 3.05) is 50.1 Å². The standard InChI is InChI=1S/C23H29N5O/c1-4-22(29)27(3)19-5-6-20-17(13-19)14-21(16-7-10-26(2)11-8-16)25-23(20)28-12-9-18(24)15-28/h4-7,13-14,18H,1,8-12,15,24H2,2-3H3/t18-/m1/s1. The Morgan fingerprint density at radius 2 is 2.17 bits per heavy atom. The van der Waals surface area contributed by atoms with Gasteiger partial charge in [-0.2, -0.15) is 0 Å². The third-order valence-electron chi connectivity index (χ3n) is 5.95. The molecular weight excluding hydrogens is 362 g/mol. The van der Waals surface area contributed by atoms with E-state index in [4.69, 9.17) is 10.7 Å². The number of nitrogens with zero attached hydrogens (tertiary/aromatic N) is 4. The van der Waals surface area contributed by atoms with Crippen LogP contribution >= 0.6 is 0 Å². The van der Waals surface area contributed by atoms with Crippen molar-refractivity contribution in [3.63, 3.8) is 0 Å². The molecule has 0 radical (unpaired) electrons. The lowest BCUT2D eigenvalue weighted by atomic mass is 10.0. The first-order chi connectivity index (χ1) is 14.0. The lowest BCUT2D eigenvalue weighted by Crippen LogP contribution is -2.27. The summed E-state index contributed by atoms with van der Waals surface area (Å²) in [5.41, 5.74) is 9.34. The maximum Gasteiger partial charge on any atom is 0.250 e. The van der Waals surface area contributed by atoms with Crippen molar-refractivity contribution in [2.45, 2.75) is 18.9 Å². The number of fused-ring (bicyclic) bond motifs is 1. The van der Waals surface area contributed by atoms with Gasteiger partial charge in [0, 0.05) is 50.3 Å². The average Bonchev–Trinajstić information content (AvgIpc) is 3.18. The summed E-state index contributed by atoms with van der Waals surface area (Å²) in [5, 5.41) is 2.19. The highest BCUT2D eigenvalue weighted by molar-refractivity contribution is 6.03. The first kappa shape index (κ1) is 19.6. The fraction of sp³-hybridized carbons (Fsp3) is 0.391. The predicted octanol–water partition coefficient (Wildman–Crippen LogP) is 2.64. The van der Waals surface area contributed by atoms with Crippen LogP contribution in [0, 0.1) is 0 Å². The maximum atomic E-state index is 12.1. The lowest BCUT2D eigenvalue weighted by Gasteiger charge is -2.25. The molecule has 1 amide bonds. The van der Waals surface area contributed by atoms with Gasteiger partial charge in [-0.25, -0.2) is 4.98 Å². The minimum absolute atomic E-state index is 0.123. The molecule has 0 spiro atoms. The van der Waals surface area contributed by atoms with Crippen LogP contribution in [0.25, 0.3) is 16.3 Å². The quantitative estimate of drug-likeness (QED) is 0.812. The molecular formula is C23H29N5O. The molecule has 0 saturated carbocycles. The molecule has 1 aromatic heterocycles. The number of nitrogens with two attached hydrogens (primary N) is 1. The number of rotatable bonds is 4. The zero-order valence-corrected chi connectivity index (χ0v) is 17.3. The number of carbonyl (C=O) groups excluding carboxylic acids is 1. The van der Waals surface area contributed by atoms with Gasteiger partial charge < -0.3 is 20.4 Å². The molecule has 2 aromatic rings. The molecule has 6 heteroatoms. The number of anilines is 2. The van der Waals surface area contributed by atoms with Crippen molar-refractivity contribution in [3.8, 4) is 0 Å². The Morgan fingerprint density at radius 3 is 2.83 bits per heavy atom. The zero-order valence-electron chi connectivity index (χ0n) is 17.3. The van der Waals surface area contributed by atoms with Crippen molar-refractivity contribution in [1.29, 1.82) is 0 Å². The summed E-state index contributed by atoms with van der Waals surface area (Å²) in [6, 6.07) is 8.45. The molecule has 152 valence electrons. The summed E-state index contributed by atoms with van der Waals surface area (Å²) in [6.45, 7) is 7.31.